The third-order valence-corrected chi connectivity index (χ3v) is 1.81. The molecule has 0 fully saturated rings. The molecule has 1 aromatic carbocycles. The third-order valence-electron chi connectivity index (χ3n) is 1.81. The quantitative estimate of drug-likeness (QED) is 0.450. The Hall–Kier alpha value is -1.97. The van der Waals surface area contributed by atoms with Crippen molar-refractivity contribution in [1.29, 1.82) is 0 Å². The number of ether oxygens (including phenoxy) is 1. The molecule has 0 heterocycles. The number of rotatable bonds is 3. The van der Waals surface area contributed by atoms with E-state index in [4.69, 9.17) is 10.5 Å². The lowest BCUT2D eigenvalue weighted by Gasteiger charge is -2.03. The first kappa shape index (κ1) is 11.1. The highest BCUT2D eigenvalue weighted by Gasteiger charge is 1.99. The monoisotopic (exact) mass is 206 g/mol. The predicted molar refractivity (Wildman–Crippen MR) is 60.3 cm³/mol. The van der Waals surface area contributed by atoms with E-state index in [2.05, 4.69) is 5.32 Å². The van der Waals surface area contributed by atoms with Gasteiger partial charge in [-0.15, -0.1) is 0 Å². The molecule has 0 aliphatic heterocycles. The Morgan fingerprint density at radius 1 is 1.53 bits per heavy atom. The Morgan fingerprint density at radius 2 is 2.27 bits per heavy atom. The number of amides is 1. The van der Waals surface area contributed by atoms with Crippen LogP contribution in [0.15, 0.2) is 36.1 Å². The second-order valence-electron chi connectivity index (χ2n) is 3.07. The van der Waals surface area contributed by atoms with E-state index in [0.717, 1.165) is 0 Å². The normalized spacial score (nSPS) is 10.9. The minimum Gasteiger partial charge on any atom is -0.501 e. The van der Waals surface area contributed by atoms with Crippen molar-refractivity contribution in [2.24, 2.45) is 0 Å². The minimum absolute atomic E-state index is 0.236. The van der Waals surface area contributed by atoms with Crippen LogP contribution >= 0.6 is 0 Å². The summed E-state index contributed by atoms with van der Waals surface area (Å²) in [6.07, 6.45) is 1.38. The van der Waals surface area contributed by atoms with Crippen molar-refractivity contribution in [3.63, 3.8) is 0 Å². The standard InChI is InChI=1S/C11H14N2O2/c1-8(15-2)6-11(14)13-10-5-3-4-9(12)7-10/h3-7H,12H2,1-2H3,(H,13,14)/b8-6-. The second kappa shape index (κ2) is 5.05. The first-order valence-electron chi connectivity index (χ1n) is 4.50. The van der Waals surface area contributed by atoms with Crippen LogP contribution in [0, 0.1) is 0 Å². The maximum Gasteiger partial charge on any atom is 0.251 e. The van der Waals surface area contributed by atoms with Gasteiger partial charge in [-0.3, -0.25) is 4.79 Å². The summed E-state index contributed by atoms with van der Waals surface area (Å²) in [6.45, 7) is 1.71. The smallest absolute Gasteiger partial charge is 0.251 e. The summed E-state index contributed by atoms with van der Waals surface area (Å²) in [5.41, 5.74) is 6.85. The van der Waals surface area contributed by atoms with E-state index in [-0.39, 0.29) is 5.91 Å². The van der Waals surface area contributed by atoms with Gasteiger partial charge in [0.05, 0.1) is 12.9 Å². The predicted octanol–water partition coefficient (Wildman–Crippen LogP) is 1.76. The lowest BCUT2D eigenvalue weighted by Crippen LogP contribution is -2.09. The first-order chi connectivity index (χ1) is 7.11. The van der Waals surface area contributed by atoms with Crippen LogP contribution in [0.2, 0.25) is 0 Å². The molecule has 0 bridgehead atoms. The van der Waals surface area contributed by atoms with Crippen molar-refractivity contribution in [3.05, 3.63) is 36.1 Å². The third kappa shape index (κ3) is 3.72. The van der Waals surface area contributed by atoms with E-state index in [1.54, 1.807) is 31.2 Å². The van der Waals surface area contributed by atoms with Gasteiger partial charge in [-0.05, 0) is 25.1 Å². The molecule has 0 aliphatic carbocycles. The van der Waals surface area contributed by atoms with Crippen LogP contribution in [0.25, 0.3) is 0 Å². The van der Waals surface area contributed by atoms with Gasteiger partial charge >= 0.3 is 0 Å². The van der Waals surface area contributed by atoms with Crippen LogP contribution < -0.4 is 11.1 Å². The van der Waals surface area contributed by atoms with Crippen LogP contribution in [0.3, 0.4) is 0 Å². The van der Waals surface area contributed by atoms with E-state index in [1.807, 2.05) is 0 Å². The molecule has 3 N–H and O–H groups in total. The molecule has 4 heteroatoms. The first-order valence-corrected chi connectivity index (χ1v) is 4.50. The molecular weight excluding hydrogens is 192 g/mol. The molecule has 0 saturated heterocycles. The molecule has 0 unspecified atom stereocenters. The van der Waals surface area contributed by atoms with Crippen LogP contribution in [0.5, 0.6) is 0 Å². The van der Waals surface area contributed by atoms with Crippen molar-refractivity contribution in [2.75, 3.05) is 18.2 Å². The Labute approximate surface area is 88.7 Å². The maximum absolute atomic E-state index is 11.4. The molecule has 0 radical (unpaired) electrons. The number of carbonyl (C=O) groups is 1. The molecule has 0 aliphatic rings. The van der Waals surface area contributed by atoms with E-state index >= 15 is 0 Å². The molecule has 4 nitrogen and oxygen atoms in total. The molecule has 1 aromatic rings. The van der Waals surface area contributed by atoms with Crippen molar-refractivity contribution >= 4 is 17.3 Å². The molecule has 0 saturated carbocycles. The highest BCUT2D eigenvalue weighted by molar-refractivity contribution is 5.99. The molecule has 1 amide bonds. The van der Waals surface area contributed by atoms with Gasteiger partial charge < -0.3 is 15.8 Å². The largest absolute Gasteiger partial charge is 0.501 e. The highest BCUT2D eigenvalue weighted by Crippen LogP contribution is 2.11. The van der Waals surface area contributed by atoms with Crippen LogP contribution in [-0.2, 0) is 9.53 Å². The summed E-state index contributed by atoms with van der Waals surface area (Å²) in [4.78, 5) is 11.4. The SMILES string of the molecule is CO/C(C)=C\C(=O)Nc1cccc(N)c1. The van der Waals surface area contributed by atoms with Gasteiger partial charge in [-0.1, -0.05) is 6.07 Å². The zero-order valence-corrected chi connectivity index (χ0v) is 8.78. The van der Waals surface area contributed by atoms with Crippen molar-refractivity contribution in [3.8, 4) is 0 Å². The lowest BCUT2D eigenvalue weighted by atomic mass is 10.3. The number of benzene rings is 1. The van der Waals surface area contributed by atoms with Gasteiger partial charge in [0.1, 0.15) is 0 Å². The van der Waals surface area contributed by atoms with Gasteiger partial charge in [0, 0.05) is 17.5 Å². The average Bonchev–Trinajstić information content (AvgIpc) is 2.17. The fourth-order valence-corrected chi connectivity index (χ4v) is 1.04. The van der Waals surface area contributed by atoms with Crippen molar-refractivity contribution < 1.29 is 9.53 Å². The number of nitrogen functional groups attached to an aromatic ring is 1. The van der Waals surface area contributed by atoms with Gasteiger partial charge in [-0.25, -0.2) is 0 Å². The lowest BCUT2D eigenvalue weighted by molar-refractivity contribution is -0.112. The summed E-state index contributed by atoms with van der Waals surface area (Å²) in [5, 5.41) is 2.67. The second-order valence-corrected chi connectivity index (χ2v) is 3.07. The minimum atomic E-state index is -0.236. The van der Waals surface area contributed by atoms with Gasteiger partial charge in [0.15, 0.2) is 0 Å². The maximum atomic E-state index is 11.4. The fourth-order valence-electron chi connectivity index (χ4n) is 1.04. The number of allylic oxidation sites excluding steroid dienone is 1. The molecule has 0 atom stereocenters. The number of hydrogen-bond donors (Lipinski definition) is 2. The Bertz CT molecular complexity index is 386. The number of nitrogens with one attached hydrogen (secondary N) is 1. The Morgan fingerprint density at radius 3 is 2.87 bits per heavy atom. The zero-order chi connectivity index (χ0) is 11.3. The van der Waals surface area contributed by atoms with Gasteiger partial charge in [0.2, 0.25) is 0 Å². The van der Waals surface area contributed by atoms with Gasteiger partial charge in [-0.2, -0.15) is 0 Å². The van der Waals surface area contributed by atoms with Crippen molar-refractivity contribution in [2.45, 2.75) is 6.92 Å². The molecule has 0 aromatic heterocycles. The zero-order valence-electron chi connectivity index (χ0n) is 8.78. The van der Waals surface area contributed by atoms with E-state index in [1.165, 1.54) is 13.2 Å². The number of anilines is 2. The topological polar surface area (TPSA) is 64.3 Å². The van der Waals surface area contributed by atoms with Crippen LogP contribution in [0.1, 0.15) is 6.92 Å². The molecule has 15 heavy (non-hydrogen) atoms. The summed E-state index contributed by atoms with van der Waals surface area (Å²) in [5.74, 6) is 0.316. The summed E-state index contributed by atoms with van der Waals surface area (Å²) in [6, 6.07) is 6.99. The van der Waals surface area contributed by atoms with E-state index in [9.17, 15) is 4.79 Å². The van der Waals surface area contributed by atoms with Crippen molar-refractivity contribution in [1.82, 2.24) is 0 Å². The average molecular weight is 206 g/mol. The summed E-state index contributed by atoms with van der Waals surface area (Å²) in [7, 11) is 1.51. The number of hydrogen-bond acceptors (Lipinski definition) is 3. The summed E-state index contributed by atoms with van der Waals surface area (Å²) < 4.78 is 4.86. The number of carbonyl (C=O) groups excluding carboxylic acids is 1. The molecule has 1 rings (SSSR count). The number of methoxy groups -OCH3 is 1. The number of nitrogens with two attached hydrogens (primary N) is 1. The molecule has 80 valence electrons. The van der Waals surface area contributed by atoms with Gasteiger partial charge in [0.25, 0.3) is 5.91 Å². The van der Waals surface area contributed by atoms with E-state index < -0.39 is 0 Å². The highest BCUT2D eigenvalue weighted by atomic mass is 16.5. The van der Waals surface area contributed by atoms with Crippen LogP contribution in [-0.4, -0.2) is 13.0 Å². The molecule has 0 spiro atoms. The molecular formula is C11H14N2O2. The fraction of sp³-hybridized carbons (Fsp3) is 0.182. The Kier molecular flexibility index (Phi) is 3.74. The van der Waals surface area contributed by atoms with E-state index in [0.29, 0.717) is 17.1 Å². The Balaban J connectivity index is 2.67. The summed E-state index contributed by atoms with van der Waals surface area (Å²) >= 11 is 0. The van der Waals surface area contributed by atoms with Crippen LogP contribution in [0.4, 0.5) is 11.4 Å².